The first kappa shape index (κ1) is 12.9. The van der Waals surface area contributed by atoms with Gasteiger partial charge in [-0.3, -0.25) is 4.68 Å². The molecular weight excluding hydrogens is 200 g/mol. The lowest BCUT2D eigenvalue weighted by Gasteiger charge is -2.28. The normalized spacial score (nSPS) is 11.9. The Morgan fingerprint density at radius 1 is 1.38 bits per heavy atom. The van der Waals surface area contributed by atoms with Crippen molar-refractivity contribution in [3.05, 3.63) is 5.69 Å². The van der Waals surface area contributed by atoms with Crippen LogP contribution >= 0.6 is 0 Å². The van der Waals surface area contributed by atoms with E-state index >= 15 is 0 Å². The van der Waals surface area contributed by atoms with Crippen molar-refractivity contribution in [3.8, 4) is 0 Å². The van der Waals surface area contributed by atoms with Crippen LogP contribution in [0.1, 0.15) is 33.4 Å². The van der Waals surface area contributed by atoms with Gasteiger partial charge in [-0.1, -0.05) is 27.7 Å². The van der Waals surface area contributed by atoms with Gasteiger partial charge in [0.05, 0.1) is 11.4 Å². The Kier molecular flexibility index (Phi) is 3.51. The summed E-state index contributed by atoms with van der Waals surface area (Å²) in [7, 11) is 4.02. The van der Waals surface area contributed by atoms with E-state index in [2.05, 4.69) is 44.7 Å². The topological polar surface area (TPSA) is 47.1 Å². The molecule has 0 atom stereocenters. The van der Waals surface area contributed by atoms with Crippen LogP contribution in [-0.2, 0) is 13.5 Å². The van der Waals surface area contributed by atoms with Gasteiger partial charge in [-0.2, -0.15) is 5.10 Å². The Hall–Kier alpha value is -1.19. The summed E-state index contributed by atoms with van der Waals surface area (Å²) < 4.78 is 1.87. The van der Waals surface area contributed by atoms with E-state index in [-0.39, 0.29) is 5.41 Å². The van der Waals surface area contributed by atoms with Crippen LogP contribution in [0.3, 0.4) is 0 Å². The van der Waals surface area contributed by atoms with E-state index in [0.717, 1.165) is 30.2 Å². The second kappa shape index (κ2) is 4.36. The molecule has 4 nitrogen and oxygen atoms in total. The molecule has 1 aromatic heterocycles. The number of aryl methyl sites for hydroxylation is 2. The summed E-state index contributed by atoms with van der Waals surface area (Å²) in [4.78, 5) is 2.18. The average Bonchev–Trinajstić information content (AvgIpc) is 2.38. The molecule has 0 amide bonds. The number of anilines is 2. The highest BCUT2D eigenvalue weighted by atomic mass is 15.4. The fraction of sp³-hybridized carbons (Fsp3) is 0.750. The first-order chi connectivity index (χ1) is 7.26. The van der Waals surface area contributed by atoms with Crippen LogP contribution in [0.25, 0.3) is 0 Å². The second-order valence-corrected chi connectivity index (χ2v) is 5.58. The van der Waals surface area contributed by atoms with Gasteiger partial charge in [-0.25, -0.2) is 0 Å². The van der Waals surface area contributed by atoms with Crippen LogP contribution in [0.5, 0.6) is 0 Å². The molecule has 0 aliphatic carbocycles. The van der Waals surface area contributed by atoms with Crippen LogP contribution in [0, 0.1) is 5.41 Å². The largest absolute Gasteiger partial charge is 0.394 e. The molecule has 4 heteroatoms. The SMILES string of the molecule is CCc1nn(C)c(N(C)CC(C)(C)C)c1N. The van der Waals surface area contributed by atoms with Gasteiger partial charge in [-0.15, -0.1) is 0 Å². The minimum absolute atomic E-state index is 0.248. The molecule has 0 fully saturated rings. The van der Waals surface area contributed by atoms with Crippen molar-refractivity contribution in [2.75, 3.05) is 24.2 Å². The number of hydrogen-bond donors (Lipinski definition) is 1. The number of nitrogens with zero attached hydrogens (tertiary/aromatic N) is 3. The van der Waals surface area contributed by atoms with E-state index in [1.807, 2.05) is 11.7 Å². The zero-order chi connectivity index (χ0) is 12.5. The maximum atomic E-state index is 6.11. The standard InChI is InChI=1S/C12H24N4/c1-7-9-10(13)11(16(6)14-9)15(5)8-12(2,3)4/h7-8,13H2,1-6H3. The molecule has 0 radical (unpaired) electrons. The number of rotatable bonds is 3. The van der Waals surface area contributed by atoms with Crippen molar-refractivity contribution in [1.29, 1.82) is 0 Å². The number of aromatic nitrogens is 2. The summed E-state index contributed by atoms with van der Waals surface area (Å²) in [5.74, 6) is 1.02. The maximum absolute atomic E-state index is 6.11. The summed E-state index contributed by atoms with van der Waals surface area (Å²) in [5, 5.41) is 4.43. The first-order valence-electron chi connectivity index (χ1n) is 5.78. The quantitative estimate of drug-likeness (QED) is 0.854. The summed E-state index contributed by atoms with van der Waals surface area (Å²) in [6.45, 7) is 9.69. The molecule has 16 heavy (non-hydrogen) atoms. The zero-order valence-electron chi connectivity index (χ0n) is 11.3. The molecule has 0 bridgehead atoms. The van der Waals surface area contributed by atoms with Gasteiger partial charge in [0, 0.05) is 20.6 Å². The van der Waals surface area contributed by atoms with Gasteiger partial charge >= 0.3 is 0 Å². The minimum Gasteiger partial charge on any atom is -0.394 e. The number of nitrogen functional groups attached to an aromatic ring is 1. The molecule has 0 spiro atoms. The van der Waals surface area contributed by atoms with Crippen molar-refractivity contribution < 1.29 is 0 Å². The van der Waals surface area contributed by atoms with Gasteiger partial charge < -0.3 is 10.6 Å². The highest BCUT2D eigenvalue weighted by Crippen LogP contribution is 2.28. The molecule has 2 N–H and O–H groups in total. The van der Waals surface area contributed by atoms with Crippen LogP contribution in [-0.4, -0.2) is 23.4 Å². The molecular formula is C12H24N4. The fourth-order valence-corrected chi connectivity index (χ4v) is 2.09. The van der Waals surface area contributed by atoms with E-state index in [1.165, 1.54) is 0 Å². The summed E-state index contributed by atoms with van der Waals surface area (Å²) in [5.41, 5.74) is 8.16. The predicted molar refractivity (Wildman–Crippen MR) is 69.7 cm³/mol. The van der Waals surface area contributed by atoms with Crippen molar-refractivity contribution in [3.63, 3.8) is 0 Å². The second-order valence-electron chi connectivity index (χ2n) is 5.58. The fourth-order valence-electron chi connectivity index (χ4n) is 2.09. The third-order valence-electron chi connectivity index (χ3n) is 2.54. The first-order valence-corrected chi connectivity index (χ1v) is 5.78. The molecule has 0 aliphatic rings. The summed E-state index contributed by atoms with van der Waals surface area (Å²) in [6, 6.07) is 0. The van der Waals surface area contributed by atoms with E-state index in [4.69, 9.17) is 5.73 Å². The third kappa shape index (κ3) is 2.68. The molecule has 1 rings (SSSR count). The molecule has 1 heterocycles. The predicted octanol–water partition coefficient (Wildman–Crippen LogP) is 2.05. The maximum Gasteiger partial charge on any atom is 0.150 e. The zero-order valence-corrected chi connectivity index (χ0v) is 11.3. The van der Waals surface area contributed by atoms with E-state index in [0.29, 0.717) is 0 Å². The monoisotopic (exact) mass is 224 g/mol. The van der Waals surface area contributed by atoms with Crippen molar-refractivity contribution in [1.82, 2.24) is 9.78 Å². The van der Waals surface area contributed by atoms with Gasteiger partial charge in [0.1, 0.15) is 5.82 Å². The smallest absolute Gasteiger partial charge is 0.150 e. The average molecular weight is 224 g/mol. The van der Waals surface area contributed by atoms with Gasteiger partial charge in [0.15, 0.2) is 0 Å². The molecule has 0 saturated heterocycles. The highest BCUT2D eigenvalue weighted by molar-refractivity contribution is 5.66. The molecule has 92 valence electrons. The highest BCUT2D eigenvalue weighted by Gasteiger charge is 2.20. The molecule has 0 aliphatic heterocycles. The minimum atomic E-state index is 0.248. The number of nitrogens with two attached hydrogens (primary N) is 1. The Bertz CT molecular complexity index is 360. The Morgan fingerprint density at radius 2 is 1.94 bits per heavy atom. The summed E-state index contributed by atoms with van der Waals surface area (Å²) in [6.07, 6.45) is 0.878. The van der Waals surface area contributed by atoms with Crippen LogP contribution in [0.4, 0.5) is 11.5 Å². The molecule has 0 aromatic carbocycles. The van der Waals surface area contributed by atoms with Crippen LogP contribution in [0.15, 0.2) is 0 Å². The lowest BCUT2D eigenvalue weighted by atomic mass is 9.96. The van der Waals surface area contributed by atoms with Crippen LogP contribution < -0.4 is 10.6 Å². The van der Waals surface area contributed by atoms with Crippen molar-refractivity contribution >= 4 is 11.5 Å². The van der Waals surface area contributed by atoms with Gasteiger partial charge in [0.2, 0.25) is 0 Å². The van der Waals surface area contributed by atoms with Crippen molar-refractivity contribution in [2.24, 2.45) is 12.5 Å². The molecule has 0 unspecified atom stereocenters. The van der Waals surface area contributed by atoms with E-state index < -0.39 is 0 Å². The van der Waals surface area contributed by atoms with E-state index in [1.54, 1.807) is 0 Å². The third-order valence-corrected chi connectivity index (χ3v) is 2.54. The van der Waals surface area contributed by atoms with Gasteiger partial charge in [-0.05, 0) is 11.8 Å². The molecule has 0 saturated carbocycles. The van der Waals surface area contributed by atoms with Crippen molar-refractivity contribution in [2.45, 2.75) is 34.1 Å². The van der Waals surface area contributed by atoms with E-state index in [9.17, 15) is 0 Å². The van der Waals surface area contributed by atoms with Gasteiger partial charge in [0.25, 0.3) is 0 Å². The lowest BCUT2D eigenvalue weighted by molar-refractivity contribution is 0.416. The molecule has 1 aromatic rings. The number of hydrogen-bond acceptors (Lipinski definition) is 3. The summed E-state index contributed by atoms with van der Waals surface area (Å²) >= 11 is 0. The Morgan fingerprint density at radius 3 is 2.31 bits per heavy atom. The Balaban J connectivity index is 2.99. The Labute approximate surface area is 98.4 Å². The lowest BCUT2D eigenvalue weighted by Crippen LogP contribution is -2.31. The van der Waals surface area contributed by atoms with Crippen LogP contribution in [0.2, 0.25) is 0 Å².